The Hall–Kier alpha value is -3.66. The van der Waals surface area contributed by atoms with Crippen LogP contribution in [0.2, 0.25) is 5.02 Å². The lowest BCUT2D eigenvalue weighted by Crippen LogP contribution is -2.36. The summed E-state index contributed by atoms with van der Waals surface area (Å²) < 4.78 is 36.0. The Balaban J connectivity index is 1.66. The average Bonchev–Trinajstić information content (AvgIpc) is 3.01. The monoisotopic (exact) mass is 543 g/mol. The molecule has 1 saturated heterocycles. The second-order valence-electron chi connectivity index (χ2n) is 9.67. The summed E-state index contributed by atoms with van der Waals surface area (Å²) in [5.74, 6) is -3.23. The third-order valence-electron chi connectivity index (χ3n) is 6.92. The fourth-order valence-electron chi connectivity index (χ4n) is 5.13. The second-order valence-corrected chi connectivity index (χ2v) is 10.0. The van der Waals surface area contributed by atoms with E-state index in [2.05, 4.69) is 11.9 Å². The minimum Gasteiger partial charge on any atom is -0.483 e. The maximum Gasteiger partial charge on any atom is 0.298 e. The molecule has 2 aliphatic rings. The van der Waals surface area contributed by atoms with Crippen LogP contribution in [-0.4, -0.2) is 65.5 Å². The van der Waals surface area contributed by atoms with E-state index in [9.17, 15) is 18.4 Å². The first-order valence-electron chi connectivity index (χ1n) is 12.4. The van der Waals surface area contributed by atoms with Gasteiger partial charge >= 0.3 is 0 Å². The van der Waals surface area contributed by atoms with Gasteiger partial charge in [-0.1, -0.05) is 36.4 Å². The molecule has 2 aromatic carbocycles. The predicted octanol–water partition coefficient (Wildman–Crippen LogP) is 5.15. The molecule has 8 nitrogen and oxygen atoms in total. The maximum atomic E-state index is 14.3. The van der Waals surface area contributed by atoms with E-state index in [-0.39, 0.29) is 34.6 Å². The topological polar surface area (TPSA) is 79.7 Å². The Labute approximate surface area is 223 Å². The summed E-state index contributed by atoms with van der Waals surface area (Å²) >= 11 is 6.88. The van der Waals surface area contributed by atoms with Gasteiger partial charge < -0.3 is 19.1 Å². The predicted molar refractivity (Wildman–Crippen MR) is 143 cm³/mol. The van der Waals surface area contributed by atoms with Gasteiger partial charge in [-0.15, -0.1) is 0 Å². The highest BCUT2D eigenvalue weighted by molar-refractivity contribution is 6.37. The minimum absolute atomic E-state index is 0.126. The third kappa shape index (κ3) is 4.92. The number of nitrogens with zero attached hydrogens (tertiary/aromatic N) is 4. The normalized spacial score (nSPS) is 19.2. The third-order valence-corrected chi connectivity index (χ3v) is 7.27. The molecular weight excluding hydrogens is 516 g/mol. The first-order chi connectivity index (χ1) is 18.2. The van der Waals surface area contributed by atoms with Crippen molar-refractivity contribution in [1.29, 1.82) is 0 Å². The number of ether oxygens (including phenoxy) is 1. The fourth-order valence-corrected chi connectivity index (χ4v) is 5.47. The number of benzene rings is 2. The molecule has 0 saturated carbocycles. The first kappa shape index (κ1) is 26.0. The zero-order valence-corrected chi connectivity index (χ0v) is 21.7. The molecule has 2 amide bonds. The standard InChI is InChI=1S/C27H28ClF2N5O3/c1-3-21(36)34-12-8-7-11-18(14-34)35-23-19(31-26(35)32-25(37)17-9-5-4-6-10-17)13-20-24(22(23)28)38-16-27(29,30)15-33(20)2/h3-6,9-10,13,18H,1,7-8,11-12,14-16H2,2H3,(H,31,32,37)/t18-/m1/s1. The number of fused-ring (bicyclic) bond motifs is 2. The van der Waals surface area contributed by atoms with Crippen LogP contribution in [0, 0.1) is 0 Å². The highest BCUT2D eigenvalue weighted by Crippen LogP contribution is 2.46. The molecule has 1 atom stereocenters. The van der Waals surface area contributed by atoms with Gasteiger partial charge in [-0.3, -0.25) is 14.9 Å². The smallest absolute Gasteiger partial charge is 0.298 e. The van der Waals surface area contributed by atoms with Crippen LogP contribution in [0.1, 0.15) is 35.7 Å². The number of halogens is 3. The Kier molecular flexibility index (Phi) is 7.00. The summed E-state index contributed by atoms with van der Waals surface area (Å²) in [5, 5.41) is 3.03. The van der Waals surface area contributed by atoms with E-state index in [1.165, 1.54) is 11.0 Å². The van der Waals surface area contributed by atoms with Gasteiger partial charge in [-0.25, -0.2) is 13.8 Å². The van der Waals surface area contributed by atoms with E-state index < -0.39 is 19.1 Å². The molecule has 200 valence electrons. The molecule has 5 rings (SSSR count). The fraction of sp³-hybridized carbons (Fsp3) is 0.370. The van der Waals surface area contributed by atoms with Crippen molar-refractivity contribution < 1.29 is 23.1 Å². The van der Waals surface area contributed by atoms with Crippen molar-refractivity contribution in [1.82, 2.24) is 14.5 Å². The highest BCUT2D eigenvalue weighted by Gasteiger charge is 2.38. The molecule has 3 aromatic rings. The molecule has 0 aliphatic carbocycles. The summed E-state index contributed by atoms with van der Waals surface area (Å²) in [6.07, 6.45) is 3.60. The number of carbonyl (C=O) groups is 2. The van der Waals surface area contributed by atoms with Gasteiger partial charge in [0.25, 0.3) is 11.8 Å². The quantitative estimate of drug-likeness (QED) is 0.461. The van der Waals surface area contributed by atoms with Crippen LogP contribution in [0.5, 0.6) is 5.75 Å². The number of alkyl halides is 2. The van der Waals surface area contributed by atoms with Gasteiger partial charge in [0.1, 0.15) is 5.02 Å². The van der Waals surface area contributed by atoms with E-state index in [1.54, 1.807) is 46.8 Å². The Bertz CT molecular complexity index is 1390. The Morgan fingerprint density at radius 3 is 2.76 bits per heavy atom. The van der Waals surface area contributed by atoms with Crippen LogP contribution in [0.4, 0.5) is 20.4 Å². The minimum atomic E-state index is -3.06. The van der Waals surface area contributed by atoms with Crippen molar-refractivity contribution in [2.24, 2.45) is 0 Å². The number of rotatable bonds is 4. The zero-order valence-electron chi connectivity index (χ0n) is 20.9. The number of anilines is 2. The number of hydrogen-bond donors (Lipinski definition) is 1. The van der Waals surface area contributed by atoms with E-state index in [4.69, 9.17) is 21.3 Å². The van der Waals surface area contributed by atoms with Crippen molar-refractivity contribution >= 4 is 46.1 Å². The van der Waals surface area contributed by atoms with E-state index in [0.717, 1.165) is 12.8 Å². The average molecular weight is 544 g/mol. The molecular formula is C27H28ClF2N5O3. The van der Waals surface area contributed by atoms with Gasteiger partial charge in [-0.05, 0) is 43.5 Å². The summed E-state index contributed by atoms with van der Waals surface area (Å²) in [4.78, 5) is 33.5. The number of likely N-dealkylation sites (tertiary alicyclic amines) is 1. The van der Waals surface area contributed by atoms with Crippen molar-refractivity contribution in [2.45, 2.75) is 31.2 Å². The summed E-state index contributed by atoms with van der Waals surface area (Å²) in [6.45, 7) is 3.18. The second kappa shape index (κ2) is 10.2. The lowest BCUT2D eigenvalue weighted by atomic mass is 10.1. The molecule has 1 aromatic heterocycles. The largest absolute Gasteiger partial charge is 0.483 e. The Morgan fingerprint density at radius 1 is 1.26 bits per heavy atom. The lowest BCUT2D eigenvalue weighted by molar-refractivity contribution is -0.126. The van der Waals surface area contributed by atoms with Gasteiger partial charge in [0.2, 0.25) is 11.9 Å². The summed E-state index contributed by atoms with van der Waals surface area (Å²) in [7, 11) is 1.54. The van der Waals surface area contributed by atoms with Gasteiger partial charge in [-0.2, -0.15) is 0 Å². The lowest BCUT2D eigenvalue weighted by Gasteiger charge is -2.26. The number of amides is 2. The number of aromatic nitrogens is 2. The van der Waals surface area contributed by atoms with Crippen LogP contribution in [0.3, 0.4) is 0 Å². The molecule has 0 spiro atoms. The molecule has 0 unspecified atom stereocenters. The Morgan fingerprint density at radius 2 is 2.03 bits per heavy atom. The molecule has 1 N–H and O–H groups in total. The summed E-state index contributed by atoms with van der Waals surface area (Å²) in [5.41, 5.74) is 1.70. The first-order valence-corrected chi connectivity index (χ1v) is 12.8. The van der Waals surface area contributed by atoms with E-state index in [0.29, 0.717) is 41.8 Å². The molecule has 3 heterocycles. The zero-order chi connectivity index (χ0) is 27.0. The molecule has 38 heavy (non-hydrogen) atoms. The number of carbonyl (C=O) groups excluding carboxylic acids is 2. The van der Waals surface area contributed by atoms with Crippen LogP contribution in [0.15, 0.2) is 49.1 Å². The number of hydrogen-bond acceptors (Lipinski definition) is 5. The maximum absolute atomic E-state index is 14.3. The van der Waals surface area contributed by atoms with Crippen molar-refractivity contribution in [3.8, 4) is 5.75 Å². The van der Waals surface area contributed by atoms with Crippen LogP contribution in [-0.2, 0) is 4.79 Å². The van der Waals surface area contributed by atoms with E-state index in [1.807, 2.05) is 6.07 Å². The molecule has 2 aliphatic heterocycles. The van der Waals surface area contributed by atoms with Crippen LogP contribution in [0.25, 0.3) is 11.0 Å². The molecule has 0 bridgehead atoms. The molecule has 11 heteroatoms. The van der Waals surface area contributed by atoms with E-state index >= 15 is 0 Å². The van der Waals surface area contributed by atoms with Crippen molar-refractivity contribution in [2.75, 3.05) is 43.5 Å². The highest BCUT2D eigenvalue weighted by atomic mass is 35.5. The molecule has 1 fully saturated rings. The number of nitrogens with one attached hydrogen (secondary N) is 1. The molecule has 0 radical (unpaired) electrons. The van der Waals surface area contributed by atoms with Crippen LogP contribution >= 0.6 is 11.6 Å². The van der Waals surface area contributed by atoms with Gasteiger partial charge in [0, 0.05) is 25.7 Å². The van der Waals surface area contributed by atoms with Gasteiger partial charge in [0.05, 0.1) is 29.3 Å². The van der Waals surface area contributed by atoms with Gasteiger partial charge in [0.15, 0.2) is 12.4 Å². The SMILES string of the molecule is C=CC(=O)N1CCCC[C@@H](n2c(NC(=O)c3ccccc3)nc3cc4c(c(Cl)c32)OCC(F)(F)CN4C)C1. The van der Waals surface area contributed by atoms with Crippen molar-refractivity contribution in [3.05, 3.63) is 59.6 Å². The number of imidazole rings is 1. The summed E-state index contributed by atoms with van der Waals surface area (Å²) in [6, 6.07) is 10.1. The van der Waals surface area contributed by atoms with Crippen molar-refractivity contribution in [3.63, 3.8) is 0 Å². The van der Waals surface area contributed by atoms with Crippen LogP contribution < -0.4 is 15.0 Å².